The molecular weight excluding hydrogens is 358 g/mol. The number of nitrogens with one attached hydrogen (secondary N) is 2. The zero-order chi connectivity index (χ0) is 18.7. The molecule has 0 radical (unpaired) electrons. The van der Waals surface area contributed by atoms with Gasteiger partial charge in [0.1, 0.15) is 18.2 Å². The van der Waals surface area contributed by atoms with Crippen LogP contribution < -0.4 is 10.6 Å². The molecule has 1 heterocycles. The summed E-state index contributed by atoms with van der Waals surface area (Å²) in [4.78, 5) is 12.7. The fourth-order valence-corrected chi connectivity index (χ4v) is 3.01. The van der Waals surface area contributed by atoms with E-state index >= 15 is 0 Å². The van der Waals surface area contributed by atoms with Gasteiger partial charge in [-0.1, -0.05) is 36.4 Å². The van der Waals surface area contributed by atoms with E-state index in [9.17, 15) is 13.6 Å². The number of hydrogen-bond donors (Lipinski definition) is 2. The molecule has 0 spiro atoms. The van der Waals surface area contributed by atoms with Gasteiger partial charge in [-0.05, 0) is 30.8 Å². The van der Waals surface area contributed by atoms with Crippen molar-refractivity contribution in [3.63, 3.8) is 0 Å². The molecule has 0 saturated heterocycles. The van der Waals surface area contributed by atoms with E-state index in [1.807, 2.05) is 30.3 Å². The van der Waals surface area contributed by atoms with Crippen molar-refractivity contribution in [1.29, 1.82) is 0 Å². The van der Waals surface area contributed by atoms with Crippen LogP contribution in [-0.4, -0.2) is 11.1 Å². The molecule has 0 bridgehead atoms. The third kappa shape index (κ3) is 3.88. The Hall–Kier alpha value is -2.80. The molecule has 3 rings (SSSR count). The summed E-state index contributed by atoms with van der Waals surface area (Å²) >= 11 is 5.10. The minimum Gasteiger partial charge on any atom is -0.457 e. The van der Waals surface area contributed by atoms with E-state index in [4.69, 9.17) is 17.0 Å². The molecule has 134 valence electrons. The SMILES string of the molecule is CC1=C(C(=O)OCc2ccccc2)C(c2ccc(F)cc2F)NC(=S)N1. The molecule has 0 aromatic heterocycles. The molecule has 1 atom stereocenters. The number of thiocarbonyl (C=S) groups is 1. The number of esters is 1. The van der Waals surface area contributed by atoms with E-state index in [0.29, 0.717) is 5.70 Å². The van der Waals surface area contributed by atoms with Crippen molar-refractivity contribution in [3.8, 4) is 0 Å². The maximum absolute atomic E-state index is 14.3. The molecule has 7 heteroatoms. The lowest BCUT2D eigenvalue weighted by atomic mass is 9.95. The Bertz CT molecular complexity index is 884. The van der Waals surface area contributed by atoms with Crippen LogP contribution in [-0.2, 0) is 16.1 Å². The molecule has 0 aliphatic carbocycles. The smallest absolute Gasteiger partial charge is 0.338 e. The van der Waals surface area contributed by atoms with E-state index in [-0.39, 0.29) is 22.9 Å². The molecule has 2 aromatic rings. The number of carbonyl (C=O) groups is 1. The van der Waals surface area contributed by atoms with Gasteiger partial charge in [0.15, 0.2) is 5.11 Å². The second-order valence-electron chi connectivity index (χ2n) is 5.80. The molecule has 2 aromatic carbocycles. The van der Waals surface area contributed by atoms with Gasteiger partial charge in [0, 0.05) is 17.3 Å². The van der Waals surface area contributed by atoms with Crippen molar-refractivity contribution >= 4 is 23.3 Å². The first-order valence-corrected chi connectivity index (χ1v) is 8.31. The van der Waals surface area contributed by atoms with Crippen LogP contribution in [0.15, 0.2) is 59.8 Å². The number of hydrogen-bond acceptors (Lipinski definition) is 3. The monoisotopic (exact) mass is 374 g/mol. The van der Waals surface area contributed by atoms with Crippen molar-refractivity contribution in [2.75, 3.05) is 0 Å². The summed E-state index contributed by atoms with van der Waals surface area (Å²) in [6, 6.07) is 11.5. The standard InChI is InChI=1S/C19H16F2N2O2S/c1-11-16(18(24)25-10-12-5-3-2-4-6-12)17(23-19(26)22-11)14-8-7-13(20)9-15(14)21/h2-9,17H,10H2,1H3,(H2,22,23,26). The van der Waals surface area contributed by atoms with Gasteiger partial charge in [0.05, 0.1) is 11.6 Å². The van der Waals surface area contributed by atoms with Gasteiger partial charge < -0.3 is 15.4 Å². The molecule has 0 amide bonds. The molecule has 2 N–H and O–H groups in total. The molecule has 0 saturated carbocycles. The predicted octanol–water partition coefficient (Wildman–Crippen LogP) is 3.50. The summed E-state index contributed by atoms with van der Waals surface area (Å²) in [5.41, 5.74) is 1.60. The van der Waals surface area contributed by atoms with Crippen LogP contribution in [0.25, 0.3) is 0 Å². The van der Waals surface area contributed by atoms with Gasteiger partial charge >= 0.3 is 5.97 Å². The topological polar surface area (TPSA) is 50.4 Å². The van der Waals surface area contributed by atoms with Gasteiger partial charge in [-0.25, -0.2) is 13.6 Å². The highest BCUT2D eigenvalue weighted by Gasteiger charge is 2.32. The molecule has 1 aliphatic heterocycles. The van der Waals surface area contributed by atoms with Gasteiger partial charge in [-0.2, -0.15) is 0 Å². The average Bonchev–Trinajstić information content (AvgIpc) is 2.60. The van der Waals surface area contributed by atoms with Gasteiger partial charge in [-0.15, -0.1) is 0 Å². The third-order valence-corrected chi connectivity index (χ3v) is 4.20. The lowest BCUT2D eigenvalue weighted by Gasteiger charge is -2.30. The number of carbonyl (C=O) groups excluding carboxylic acids is 1. The lowest BCUT2D eigenvalue weighted by Crippen LogP contribution is -2.45. The summed E-state index contributed by atoms with van der Waals surface area (Å²) < 4.78 is 32.9. The first-order valence-electron chi connectivity index (χ1n) is 7.90. The predicted molar refractivity (Wildman–Crippen MR) is 96.9 cm³/mol. The van der Waals surface area contributed by atoms with Gasteiger partial charge in [0.25, 0.3) is 0 Å². The fraction of sp³-hybridized carbons (Fsp3) is 0.158. The van der Waals surface area contributed by atoms with Gasteiger partial charge in [-0.3, -0.25) is 0 Å². The Labute approximate surface area is 154 Å². The van der Waals surface area contributed by atoms with Crippen LogP contribution in [0.3, 0.4) is 0 Å². The van der Waals surface area contributed by atoms with Crippen LogP contribution in [0, 0.1) is 11.6 Å². The minimum absolute atomic E-state index is 0.0829. The van der Waals surface area contributed by atoms with Crippen LogP contribution in [0.2, 0.25) is 0 Å². The van der Waals surface area contributed by atoms with Crippen molar-refractivity contribution in [1.82, 2.24) is 10.6 Å². The molecule has 0 fully saturated rings. The van der Waals surface area contributed by atoms with Crippen LogP contribution in [0.4, 0.5) is 8.78 Å². The lowest BCUT2D eigenvalue weighted by molar-refractivity contribution is -0.140. The van der Waals surface area contributed by atoms with E-state index in [2.05, 4.69) is 10.6 Å². The Morgan fingerprint density at radius 2 is 1.92 bits per heavy atom. The van der Waals surface area contributed by atoms with Crippen molar-refractivity contribution in [2.45, 2.75) is 19.6 Å². The number of benzene rings is 2. The average molecular weight is 374 g/mol. The number of rotatable bonds is 4. The summed E-state index contributed by atoms with van der Waals surface area (Å²) in [6.07, 6.45) is 0. The third-order valence-electron chi connectivity index (χ3n) is 3.98. The Kier molecular flexibility index (Phi) is 5.27. The minimum atomic E-state index is -0.868. The maximum atomic E-state index is 14.3. The van der Waals surface area contributed by atoms with Crippen molar-refractivity contribution < 1.29 is 18.3 Å². The highest BCUT2D eigenvalue weighted by molar-refractivity contribution is 7.80. The summed E-state index contributed by atoms with van der Waals surface area (Å²) in [5, 5.41) is 5.94. The van der Waals surface area contributed by atoms with Gasteiger partial charge in [0.2, 0.25) is 0 Å². The molecule has 1 unspecified atom stereocenters. The summed E-state index contributed by atoms with van der Waals surface area (Å²) in [5.74, 6) is -2.08. The first-order chi connectivity index (χ1) is 12.5. The zero-order valence-electron chi connectivity index (χ0n) is 13.9. The molecule has 4 nitrogen and oxygen atoms in total. The highest BCUT2D eigenvalue weighted by atomic mass is 32.1. The molecule has 26 heavy (non-hydrogen) atoms. The quantitative estimate of drug-likeness (QED) is 0.634. The van der Waals surface area contributed by atoms with E-state index < -0.39 is 23.6 Å². The largest absolute Gasteiger partial charge is 0.457 e. The van der Waals surface area contributed by atoms with E-state index in [0.717, 1.165) is 17.7 Å². The first kappa shape index (κ1) is 18.0. The van der Waals surface area contributed by atoms with Crippen LogP contribution in [0.5, 0.6) is 0 Å². The fourth-order valence-electron chi connectivity index (χ4n) is 2.73. The molecule has 1 aliphatic rings. The zero-order valence-corrected chi connectivity index (χ0v) is 14.7. The van der Waals surface area contributed by atoms with Crippen molar-refractivity contribution in [2.24, 2.45) is 0 Å². The number of halogens is 2. The second kappa shape index (κ2) is 7.61. The number of allylic oxidation sites excluding steroid dienone is 1. The Balaban J connectivity index is 1.89. The van der Waals surface area contributed by atoms with Crippen LogP contribution >= 0.6 is 12.2 Å². The van der Waals surface area contributed by atoms with E-state index in [1.165, 1.54) is 6.07 Å². The second-order valence-corrected chi connectivity index (χ2v) is 6.21. The van der Waals surface area contributed by atoms with Crippen LogP contribution in [0.1, 0.15) is 24.1 Å². The normalized spacial score (nSPS) is 16.7. The summed E-state index contributed by atoms with van der Waals surface area (Å²) in [6.45, 7) is 1.74. The molecular formula is C19H16F2N2O2S. The maximum Gasteiger partial charge on any atom is 0.338 e. The Morgan fingerprint density at radius 1 is 1.19 bits per heavy atom. The summed E-state index contributed by atoms with van der Waals surface area (Å²) in [7, 11) is 0. The van der Waals surface area contributed by atoms with Crippen molar-refractivity contribution in [3.05, 3.63) is 82.6 Å². The Morgan fingerprint density at radius 3 is 2.62 bits per heavy atom. The highest BCUT2D eigenvalue weighted by Crippen LogP contribution is 2.30. The number of ether oxygens (including phenoxy) is 1. The van der Waals surface area contributed by atoms with E-state index in [1.54, 1.807) is 6.92 Å².